The molecule has 0 aromatic carbocycles. The molecule has 0 aliphatic rings. The van der Waals surface area contributed by atoms with Gasteiger partial charge in [0.1, 0.15) is 0 Å². The van der Waals surface area contributed by atoms with Crippen LogP contribution in [0.3, 0.4) is 0 Å². The van der Waals surface area contributed by atoms with Crippen molar-refractivity contribution in [3.8, 4) is 0 Å². The van der Waals surface area contributed by atoms with Crippen LogP contribution in [0, 0.1) is 5.92 Å². The second-order valence-corrected chi connectivity index (χ2v) is 4.20. The van der Waals surface area contributed by atoms with Gasteiger partial charge in [-0.05, 0) is 26.7 Å². The van der Waals surface area contributed by atoms with E-state index in [4.69, 9.17) is 0 Å². The highest BCUT2D eigenvalue weighted by molar-refractivity contribution is 5.59. The molecule has 0 amide bonds. The van der Waals surface area contributed by atoms with Crippen LogP contribution in [-0.4, -0.2) is 23.8 Å². The Hall–Kier alpha value is -0.530. The average molecular weight is 156 g/mol. The summed E-state index contributed by atoms with van der Waals surface area (Å²) >= 11 is 0. The third-order valence-corrected chi connectivity index (χ3v) is 1.51. The van der Waals surface area contributed by atoms with Crippen molar-refractivity contribution in [3.05, 3.63) is 0 Å². The van der Waals surface area contributed by atoms with Gasteiger partial charge in [0.05, 0.1) is 0 Å². The van der Waals surface area contributed by atoms with Crippen molar-refractivity contribution < 1.29 is 0 Å². The van der Waals surface area contributed by atoms with E-state index in [1.54, 1.807) is 0 Å². The SMILES string of the molecule is CC(C)/C=N\N(C)C(C)(C)C. The van der Waals surface area contributed by atoms with Crippen LogP contribution >= 0.6 is 0 Å². The van der Waals surface area contributed by atoms with Gasteiger partial charge < -0.3 is 0 Å². The van der Waals surface area contributed by atoms with Gasteiger partial charge in [0.25, 0.3) is 0 Å². The minimum atomic E-state index is 0.130. The zero-order valence-corrected chi connectivity index (χ0v) is 8.55. The summed E-state index contributed by atoms with van der Waals surface area (Å²) in [6.45, 7) is 10.7. The summed E-state index contributed by atoms with van der Waals surface area (Å²) in [5.74, 6) is 0.528. The average Bonchev–Trinajstić information content (AvgIpc) is 1.80. The van der Waals surface area contributed by atoms with Gasteiger partial charge in [0.15, 0.2) is 0 Å². The molecule has 0 unspecified atom stereocenters. The van der Waals surface area contributed by atoms with E-state index in [1.165, 1.54) is 0 Å². The molecule has 11 heavy (non-hydrogen) atoms. The molecule has 0 atom stereocenters. The lowest BCUT2D eigenvalue weighted by Crippen LogP contribution is -2.33. The minimum absolute atomic E-state index is 0.130. The van der Waals surface area contributed by atoms with E-state index < -0.39 is 0 Å². The molecule has 0 aromatic heterocycles. The number of rotatable bonds is 2. The quantitative estimate of drug-likeness (QED) is 0.442. The zero-order valence-electron chi connectivity index (χ0n) is 8.55. The molecule has 0 aliphatic carbocycles. The minimum Gasteiger partial charge on any atom is -0.295 e. The van der Waals surface area contributed by atoms with E-state index in [2.05, 4.69) is 39.7 Å². The number of nitrogens with zero attached hydrogens (tertiary/aromatic N) is 2. The molecule has 2 heteroatoms. The second kappa shape index (κ2) is 3.74. The fourth-order valence-corrected chi connectivity index (χ4v) is 0.407. The second-order valence-electron chi connectivity index (χ2n) is 4.20. The van der Waals surface area contributed by atoms with Crippen LogP contribution in [0.15, 0.2) is 5.10 Å². The fraction of sp³-hybridized carbons (Fsp3) is 0.889. The Kier molecular flexibility index (Phi) is 3.56. The lowest BCUT2D eigenvalue weighted by atomic mass is 10.1. The highest BCUT2D eigenvalue weighted by Crippen LogP contribution is 2.09. The first-order valence-corrected chi connectivity index (χ1v) is 4.12. The van der Waals surface area contributed by atoms with Crippen molar-refractivity contribution in [1.29, 1.82) is 0 Å². The topological polar surface area (TPSA) is 15.6 Å². The maximum absolute atomic E-state index is 4.30. The Morgan fingerprint density at radius 2 is 1.73 bits per heavy atom. The van der Waals surface area contributed by atoms with Gasteiger partial charge in [-0.3, -0.25) is 5.01 Å². The van der Waals surface area contributed by atoms with Gasteiger partial charge in [-0.1, -0.05) is 13.8 Å². The Morgan fingerprint density at radius 1 is 1.27 bits per heavy atom. The first kappa shape index (κ1) is 10.5. The molecule has 66 valence electrons. The molecule has 0 saturated carbocycles. The zero-order chi connectivity index (χ0) is 9.07. The molecule has 0 radical (unpaired) electrons. The van der Waals surface area contributed by atoms with Crippen LogP contribution < -0.4 is 0 Å². The smallest absolute Gasteiger partial charge is 0.0491 e. The van der Waals surface area contributed by atoms with Gasteiger partial charge in [-0.2, -0.15) is 5.10 Å². The molecule has 0 bridgehead atoms. The molecular formula is C9H20N2. The first-order chi connectivity index (χ1) is 4.84. The van der Waals surface area contributed by atoms with Crippen molar-refractivity contribution in [2.45, 2.75) is 40.2 Å². The fourth-order valence-electron chi connectivity index (χ4n) is 0.407. The summed E-state index contributed by atoms with van der Waals surface area (Å²) < 4.78 is 0. The molecule has 0 saturated heterocycles. The van der Waals surface area contributed by atoms with Crippen molar-refractivity contribution in [1.82, 2.24) is 5.01 Å². The molecule has 0 aliphatic heterocycles. The Balaban J connectivity index is 3.97. The van der Waals surface area contributed by atoms with Gasteiger partial charge in [-0.15, -0.1) is 0 Å². The molecule has 0 spiro atoms. The van der Waals surface area contributed by atoms with E-state index in [1.807, 2.05) is 18.3 Å². The Labute approximate surface area is 70.3 Å². The third kappa shape index (κ3) is 4.82. The van der Waals surface area contributed by atoms with E-state index >= 15 is 0 Å². The summed E-state index contributed by atoms with van der Waals surface area (Å²) in [5, 5.41) is 6.28. The van der Waals surface area contributed by atoms with Crippen molar-refractivity contribution in [2.75, 3.05) is 7.05 Å². The van der Waals surface area contributed by atoms with E-state index in [9.17, 15) is 0 Å². The summed E-state index contributed by atoms with van der Waals surface area (Å²) in [6.07, 6.45) is 1.96. The van der Waals surface area contributed by atoms with E-state index in [0.29, 0.717) is 5.92 Å². The monoisotopic (exact) mass is 156 g/mol. The van der Waals surface area contributed by atoms with Crippen LogP contribution in [-0.2, 0) is 0 Å². The predicted octanol–water partition coefficient (Wildman–Crippen LogP) is 2.36. The summed E-state index contributed by atoms with van der Waals surface area (Å²) in [7, 11) is 2.00. The summed E-state index contributed by atoms with van der Waals surface area (Å²) in [4.78, 5) is 0. The van der Waals surface area contributed by atoms with Crippen LogP contribution in [0.1, 0.15) is 34.6 Å². The van der Waals surface area contributed by atoms with Crippen molar-refractivity contribution in [2.24, 2.45) is 11.0 Å². The van der Waals surface area contributed by atoms with Crippen molar-refractivity contribution >= 4 is 6.21 Å². The molecule has 0 rings (SSSR count). The van der Waals surface area contributed by atoms with Gasteiger partial charge in [-0.25, -0.2) is 0 Å². The van der Waals surface area contributed by atoms with E-state index in [0.717, 1.165) is 0 Å². The number of hydrazone groups is 1. The van der Waals surface area contributed by atoms with Crippen LogP contribution in [0.25, 0.3) is 0 Å². The molecule has 0 heterocycles. The van der Waals surface area contributed by atoms with Gasteiger partial charge in [0, 0.05) is 18.8 Å². The first-order valence-electron chi connectivity index (χ1n) is 4.12. The largest absolute Gasteiger partial charge is 0.295 e. The highest BCUT2D eigenvalue weighted by Gasteiger charge is 2.13. The molecule has 2 nitrogen and oxygen atoms in total. The molecular weight excluding hydrogens is 136 g/mol. The molecule has 0 N–H and O–H groups in total. The maximum Gasteiger partial charge on any atom is 0.0491 e. The number of hydrogen-bond donors (Lipinski definition) is 0. The van der Waals surface area contributed by atoms with Crippen LogP contribution in [0.4, 0.5) is 0 Å². The lowest BCUT2D eigenvalue weighted by molar-refractivity contribution is 0.184. The Morgan fingerprint density at radius 3 is 2.00 bits per heavy atom. The summed E-state index contributed by atoms with van der Waals surface area (Å²) in [6, 6.07) is 0. The lowest BCUT2D eigenvalue weighted by Gasteiger charge is -2.29. The highest BCUT2D eigenvalue weighted by atomic mass is 15.5. The maximum atomic E-state index is 4.30. The van der Waals surface area contributed by atoms with Crippen LogP contribution in [0.2, 0.25) is 0 Å². The Bertz CT molecular complexity index is 131. The van der Waals surface area contributed by atoms with Gasteiger partial charge >= 0.3 is 0 Å². The molecule has 0 fully saturated rings. The number of hydrogen-bond acceptors (Lipinski definition) is 2. The van der Waals surface area contributed by atoms with Crippen LogP contribution in [0.5, 0.6) is 0 Å². The standard InChI is InChI=1S/C9H20N2/c1-8(2)7-10-11(6)9(3,4)5/h7-8H,1-6H3/b10-7-. The normalized spacial score (nSPS) is 13.0. The van der Waals surface area contributed by atoms with Gasteiger partial charge in [0.2, 0.25) is 0 Å². The van der Waals surface area contributed by atoms with E-state index in [-0.39, 0.29) is 5.54 Å². The van der Waals surface area contributed by atoms with Crippen molar-refractivity contribution in [3.63, 3.8) is 0 Å². The predicted molar refractivity (Wildman–Crippen MR) is 50.8 cm³/mol. The molecule has 0 aromatic rings. The third-order valence-electron chi connectivity index (χ3n) is 1.51. The summed E-state index contributed by atoms with van der Waals surface area (Å²) in [5.41, 5.74) is 0.130.